The number of aromatic nitrogens is 1. The van der Waals surface area contributed by atoms with Gasteiger partial charge in [-0.2, -0.15) is 0 Å². The lowest BCUT2D eigenvalue weighted by Crippen LogP contribution is -2.45. The molecule has 1 aliphatic rings. The van der Waals surface area contributed by atoms with Crippen LogP contribution in [-0.4, -0.2) is 28.6 Å². The van der Waals surface area contributed by atoms with E-state index >= 15 is 0 Å². The van der Waals surface area contributed by atoms with Crippen molar-refractivity contribution in [2.45, 2.75) is 58.0 Å². The number of hydrogen-bond donors (Lipinski definition) is 2. The summed E-state index contributed by atoms with van der Waals surface area (Å²) in [7, 11) is 0. The Labute approximate surface area is 127 Å². The maximum Gasteiger partial charge on any atom is 0.220 e. The molecule has 1 saturated carbocycles. The number of nitrogens with one attached hydrogen (secondary N) is 1. The largest absolute Gasteiger partial charge is 0.392 e. The molecule has 116 valence electrons. The molecule has 4 heteroatoms. The Morgan fingerprint density at radius 1 is 1.48 bits per heavy atom. The summed E-state index contributed by atoms with van der Waals surface area (Å²) in [6, 6.07) is 5.84. The van der Waals surface area contributed by atoms with E-state index in [0.717, 1.165) is 44.2 Å². The van der Waals surface area contributed by atoms with Gasteiger partial charge in [0.1, 0.15) is 0 Å². The zero-order chi connectivity index (χ0) is 15.1. The molecule has 2 unspecified atom stereocenters. The quantitative estimate of drug-likeness (QED) is 0.846. The second-order valence-corrected chi connectivity index (χ2v) is 6.37. The number of aryl methyl sites for hydroxylation is 1. The molecular weight excluding hydrogens is 264 g/mol. The van der Waals surface area contributed by atoms with Crippen molar-refractivity contribution in [1.29, 1.82) is 0 Å². The summed E-state index contributed by atoms with van der Waals surface area (Å²) >= 11 is 0. The molecule has 0 radical (unpaired) electrons. The monoisotopic (exact) mass is 290 g/mol. The van der Waals surface area contributed by atoms with Crippen molar-refractivity contribution < 1.29 is 9.90 Å². The first kappa shape index (κ1) is 16.0. The Kier molecular flexibility index (Phi) is 5.74. The number of carbonyl (C=O) groups excluding carboxylic acids is 1. The van der Waals surface area contributed by atoms with Crippen LogP contribution in [0.15, 0.2) is 24.4 Å². The normalized spacial score (nSPS) is 25.5. The van der Waals surface area contributed by atoms with E-state index in [0.29, 0.717) is 13.0 Å². The zero-order valence-electron chi connectivity index (χ0n) is 12.8. The number of aliphatic hydroxyl groups is 1. The van der Waals surface area contributed by atoms with Crippen LogP contribution in [0.4, 0.5) is 0 Å². The van der Waals surface area contributed by atoms with Gasteiger partial charge in [-0.05, 0) is 37.8 Å². The lowest BCUT2D eigenvalue weighted by molar-refractivity contribution is -0.122. The Hall–Kier alpha value is -1.42. The second kappa shape index (κ2) is 7.55. The molecule has 2 N–H and O–H groups in total. The van der Waals surface area contributed by atoms with Gasteiger partial charge in [0.05, 0.1) is 6.10 Å². The van der Waals surface area contributed by atoms with Crippen molar-refractivity contribution in [1.82, 2.24) is 10.3 Å². The molecule has 21 heavy (non-hydrogen) atoms. The topological polar surface area (TPSA) is 62.2 Å². The van der Waals surface area contributed by atoms with Crippen LogP contribution in [0.2, 0.25) is 0 Å². The fraction of sp³-hybridized carbons (Fsp3) is 0.647. The van der Waals surface area contributed by atoms with Gasteiger partial charge in [0.2, 0.25) is 5.91 Å². The fourth-order valence-electron chi connectivity index (χ4n) is 2.95. The maximum absolute atomic E-state index is 11.9. The highest BCUT2D eigenvalue weighted by Gasteiger charge is 2.35. The number of nitrogens with zero attached hydrogens (tertiary/aromatic N) is 1. The molecule has 0 spiro atoms. The summed E-state index contributed by atoms with van der Waals surface area (Å²) in [4.78, 5) is 16.2. The molecule has 0 aliphatic heterocycles. The minimum atomic E-state index is -0.292. The van der Waals surface area contributed by atoms with E-state index in [-0.39, 0.29) is 17.4 Å². The van der Waals surface area contributed by atoms with E-state index in [2.05, 4.69) is 17.2 Å². The zero-order valence-corrected chi connectivity index (χ0v) is 12.8. The lowest BCUT2D eigenvalue weighted by atomic mass is 9.73. The van der Waals surface area contributed by atoms with Gasteiger partial charge in [0.25, 0.3) is 0 Å². The van der Waals surface area contributed by atoms with Gasteiger partial charge in [-0.1, -0.05) is 25.8 Å². The second-order valence-electron chi connectivity index (χ2n) is 6.37. The summed E-state index contributed by atoms with van der Waals surface area (Å²) in [6.07, 6.45) is 7.71. The molecule has 2 atom stereocenters. The molecule has 0 bridgehead atoms. The molecule has 0 saturated heterocycles. The average molecular weight is 290 g/mol. The molecule has 4 nitrogen and oxygen atoms in total. The molecule has 1 aliphatic carbocycles. The van der Waals surface area contributed by atoms with Crippen LogP contribution in [0.25, 0.3) is 0 Å². The van der Waals surface area contributed by atoms with Gasteiger partial charge in [0.15, 0.2) is 0 Å². The summed E-state index contributed by atoms with van der Waals surface area (Å²) in [5.41, 5.74) is 0.870. The van der Waals surface area contributed by atoms with Gasteiger partial charge in [-0.25, -0.2) is 0 Å². The summed E-state index contributed by atoms with van der Waals surface area (Å²) in [5.74, 6) is 0.0740. The lowest BCUT2D eigenvalue weighted by Gasteiger charge is -2.38. The SMILES string of the molecule is CC1(CNC(=O)CCCc2ccccn2)CCCCC1O. The third kappa shape index (κ3) is 4.81. The first-order valence-electron chi connectivity index (χ1n) is 7.95. The molecule has 1 aromatic rings. The highest BCUT2D eigenvalue weighted by Crippen LogP contribution is 2.35. The van der Waals surface area contributed by atoms with Gasteiger partial charge >= 0.3 is 0 Å². The predicted octanol–water partition coefficient (Wildman–Crippen LogP) is 2.46. The van der Waals surface area contributed by atoms with Crippen molar-refractivity contribution >= 4 is 5.91 Å². The molecule has 1 aromatic heterocycles. The minimum absolute atomic E-state index is 0.0740. The van der Waals surface area contributed by atoms with E-state index in [1.807, 2.05) is 18.2 Å². The Morgan fingerprint density at radius 3 is 3.05 bits per heavy atom. The van der Waals surface area contributed by atoms with Crippen LogP contribution >= 0.6 is 0 Å². The number of aliphatic hydroxyl groups excluding tert-OH is 1. The molecule has 2 rings (SSSR count). The number of hydrogen-bond acceptors (Lipinski definition) is 3. The Bertz CT molecular complexity index is 449. The van der Waals surface area contributed by atoms with Crippen LogP contribution in [0.5, 0.6) is 0 Å². The number of carbonyl (C=O) groups is 1. The molecular formula is C17H26N2O2. The number of amides is 1. The summed E-state index contributed by atoms with van der Waals surface area (Å²) in [5, 5.41) is 13.1. The van der Waals surface area contributed by atoms with Crippen LogP contribution in [0, 0.1) is 5.41 Å². The van der Waals surface area contributed by atoms with Crippen LogP contribution < -0.4 is 5.32 Å². The highest BCUT2D eigenvalue weighted by molar-refractivity contribution is 5.75. The molecule has 1 amide bonds. The van der Waals surface area contributed by atoms with Crippen LogP contribution in [0.3, 0.4) is 0 Å². The standard InChI is InChI=1S/C17H26N2O2/c1-17(11-4-2-9-15(17)20)13-19-16(21)10-6-8-14-7-3-5-12-18-14/h3,5,7,12,15,20H,2,4,6,8-11,13H2,1H3,(H,19,21). The van der Waals surface area contributed by atoms with Crippen molar-refractivity contribution in [3.63, 3.8) is 0 Å². The molecule has 0 aromatic carbocycles. The van der Waals surface area contributed by atoms with E-state index in [9.17, 15) is 9.90 Å². The van der Waals surface area contributed by atoms with E-state index in [1.165, 1.54) is 0 Å². The predicted molar refractivity (Wildman–Crippen MR) is 82.8 cm³/mol. The Morgan fingerprint density at radius 2 is 2.33 bits per heavy atom. The van der Waals surface area contributed by atoms with Gasteiger partial charge < -0.3 is 10.4 Å². The van der Waals surface area contributed by atoms with Gasteiger partial charge in [0, 0.05) is 30.3 Å². The van der Waals surface area contributed by atoms with E-state index in [1.54, 1.807) is 6.20 Å². The summed E-state index contributed by atoms with van der Waals surface area (Å²) < 4.78 is 0. The highest BCUT2D eigenvalue weighted by atomic mass is 16.3. The third-order valence-electron chi connectivity index (χ3n) is 4.53. The van der Waals surface area contributed by atoms with Crippen molar-refractivity contribution in [3.05, 3.63) is 30.1 Å². The van der Waals surface area contributed by atoms with Crippen molar-refractivity contribution in [3.8, 4) is 0 Å². The molecule has 1 heterocycles. The van der Waals surface area contributed by atoms with Crippen molar-refractivity contribution in [2.75, 3.05) is 6.54 Å². The van der Waals surface area contributed by atoms with Crippen LogP contribution in [-0.2, 0) is 11.2 Å². The average Bonchev–Trinajstić information content (AvgIpc) is 2.50. The van der Waals surface area contributed by atoms with Gasteiger partial charge in [-0.15, -0.1) is 0 Å². The first-order chi connectivity index (χ1) is 10.1. The van der Waals surface area contributed by atoms with Crippen LogP contribution in [0.1, 0.15) is 51.1 Å². The van der Waals surface area contributed by atoms with Crippen molar-refractivity contribution in [2.24, 2.45) is 5.41 Å². The Balaban J connectivity index is 1.67. The summed E-state index contributed by atoms with van der Waals surface area (Å²) in [6.45, 7) is 2.65. The van der Waals surface area contributed by atoms with E-state index in [4.69, 9.17) is 0 Å². The number of pyridine rings is 1. The smallest absolute Gasteiger partial charge is 0.220 e. The first-order valence-corrected chi connectivity index (χ1v) is 7.95. The maximum atomic E-state index is 11.9. The molecule has 1 fully saturated rings. The number of rotatable bonds is 6. The van der Waals surface area contributed by atoms with E-state index < -0.39 is 0 Å². The fourth-order valence-corrected chi connectivity index (χ4v) is 2.95. The minimum Gasteiger partial charge on any atom is -0.392 e. The van der Waals surface area contributed by atoms with Gasteiger partial charge in [-0.3, -0.25) is 9.78 Å². The third-order valence-corrected chi connectivity index (χ3v) is 4.53.